The summed E-state index contributed by atoms with van der Waals surface area (Å²) in [5.41, 5.74) is 4.40. The summed E-state index contributed by atoms with van der Waals surface area (Å²) < 4.78 is 5.36. The van der Waals surface area contributed by atoms with Crippen molar-refractivity contribution in [2.45, 2.75) is 59.2 Å². The molecule has 0 saturated carbocycles. The molecule has 0 heterocycles. The van der Waals surface area contributed by atoms with E-state index in [2.05, 4.69) is 18.0 Å². The van der Waals surface area contributed by atoms with Crippen LogP contribution in [0.4, 0.5) is 0 Å². The smallest absolute Gasteiger partial charge is 0.260 e. The van der Waals surface area contributed by atoms with Crippen LogP contribution in [0.25, 0.3) is 0 Å². The molecule has 0 aromatic carbocycles. The van der Waals surface area contributed by atoms with E-state index in [0.29, 0.717) is 11.6 Å². The van der Waals surface area contributed by atoms with Gasteiger partial charge in [0.15, 0.2) is 6.61 Å². The van der Waals surface area contributed by atoms with Crippen molar-refractivity contribution in [3.8, 4) is 0 Å². The average Bonchev–Trinajstić information content (AvgIpc) is 2.27. The Balaban J connectivity index is 0. The monoisotopic (exact) mass is 339 g/mol. The van der Waals surface area contributed by atoms with Gasteiger partial charge in [-0.3, -0.25) is 10.1 Å². The molecular formula is C12H25N3O4S2. The molecular weight excluding hydrogens is 314 g/mol. The number of aliphatic hydroxyl groups is 1. The minimum absolute atomic E-state index is 0.0400. The molecule has 0 aliphatic heterocycles. The molecule has 21 heavy (non-hydrogen) atoms. The molecule has 0 spiro atoms. The lowest BCUT2D eigenvalue weighted by molar-refractivity contribution is -0.525. The number of nitro groups is 1. The van der Waals surface area contributed by atoms with Gasteiger partial charge in [0.2, 0.25) is 6.04 Å². The lowest BCUT2D eigenvalue weighted by atomic mass is 10.2. The summed E-state index contributed by atoms with van der Waals surface area (Å²) in [7, 11) is 0. The molecule has 3 N–H and O–H groups in total. The fraction of sp³-hybridized carbons (Fsp3) is 0.833. The first-order chi connectivity index (χ1) is 9.54. The van der Waals surface area contributed by atoms with Gasteiger partial charge in [0, 0.05) is 23.4 Å². The fourth-order valence-corrected chi connectivity index (χ4v) is 2.08. The van der Waals surface area contributed by atoms with Gasteiger partial charge in [0.05, 0.1) is 0 Å². The second-order valence-corrected chi connectivity index (χ2v) is 5.62. The number of nitrogens with two attached hydrogens (primary N) is 1. The van der Waals surface area contributed by atoms with Gasteiger partial charge >= 0.3 is 0 Å². The van der Waals surface area contributed by atoms with Crippen LogP contribution in [0, 0.1) is 10.1 Å². The van der Waals surface area contributed by atoms with Gasteiger partial charge < -0.3 is 20.5 Å². The van der Waals surface area contributed by atoms with Crippen LogP contribution in [0.3, 0.4) is 0 Å². The van der Waals surface area contributed by atoms with Gasteiger partial charge in [0.1, 0.15) is 0 Å². The van der Waals surface area contributed by atoms with Gasteiger partial charge in [-0.05, 0) is 52.1 Å². The third kappa shape index (κ3) is 11.1. The Morgan fingerprint density at radius 2 is 1.71 bits per heavy atom. The highest BCUT2D eigenvalue weighted by Crippen LogP contribution is 2.09. The zero-order valence-corrected chi connectivity index (χ0v) is 14.7. The highest BCUT2D eigenvalue weighted by molar-refractivity contribution is 7.80. The molecule has 0 amide bonds. The molecule has 0 fully saturated rings. The lowest BCUT2D eigenvalue weighted by Gasteiger charge is -2.32. The molecule has 0 bridgehead atoms. The number of hydrogen-bond acceptors (Lipinski definition) is 5. The van der Waals surface area contributed by atoms with Crippen LogP contribution in [0.1, 0.15) is 41.0 Å². The Bertz CT molecular complexity index is 339. The number of hydrogen-bond donors (Lipinski definition) is 2. The van der Waals surface area contributed by atoms with E-state index in [1.165, 1.54) is 0 Å². The summed E-state index contributed by atoms with van der Waals surface area (Å²) >= 11 is 9.03. The maximum Gasteiger partial charge on any atom is 0.260 e. The Hall–Kier alpha value is -1.22. The van der Waals surface area contributed by atoms with Crippen LogP contribution in [-0.2, 0) is 4.74 Å². The zero-order valence-electron chi connectivity index (χ0n) is 13.1. The molecule has 0 aromatic heterocycles. The topological polar surface area (TPSA) is 102 Å². The second-order valence-electron chi connectivity index (χ2n) is 4.86. The van der Waals surface area contributed by atoms with E-state index in [1.54, 1.807) is 6.92 Å². The third-order valence-electron chi connectivity index (χ3n) is 2.49. The van der Waals surface area contributed by atoms with Crippen LogP contribution < -0.4 is 5.73 Å². The van der Waals surface area contributed by atoms with Gasteiger partial charge in [-0.15, -0.1) is 0 Å². The van der Waals surface area contributed by atoms with Crippen molar-refractivity contribution < 1.29 is 14.8 Å². The van der Waals surface area contributed by atoms with E-state index < -0.39 is 11.2 Å². The van der Waals surface area contributed by atoms with E-state index in [4.69, 9.17) is 22.1 Å². The molecule has 0 aromatic rings. The average molecular weight is 339 g/mol. The van der Waals surface area contributed by atoms with Crippen molar-refractivity contribution >= 4 is 34.8 Å². The third-order valence-corrected chi connectivity index (χ3v) is 2.82. The van der Waals surface area contributed by atoms with E-state index in [9.17, 15) is 10.1 Å². The first-order valence-electron chi connectivity index (χ1n) is 6.61. The molecule has 0 aliphatic carbocycles. The van der Waals surface area contributed by atoms with Crippen molar-refractivity contribution in [3.05, 3.63) is 10.1 Å². The maximum absolute atomic E-state index is 10.6. The SMILES string of the molecule is CCC(COC(=S)N(C(C)C)C(C)C)[N+](=O)[O-].NC(O)=S. The number of rotatable bonds is 6. The summed E-state index contributed by atoms with van der Waals surface area (Å²) in [5.74, 6) is 0. The van der Waals surface area contributed by atoms with Crippen molar-refractivity contribution in [1.82, 2.24) is 4.90 Å². The normalized spacial score (nSPS) is 11.4. The molecule has 7 nitrogen and oxygen atoms in total. The number of thiocarbonyl (C=S) groups is 2. The summed E-state index contributed by atoms with van der Waals surface area (Å²) in [6.45, 7) is 9.86. The molecule has 0 radical (unpaired) electrons. The van der Waals surface area contributed by atoms with Crippen LogP contribution >= 0.6 is 24.4 Å². The van der Waals surface area contributed by atoms with E-state index in [-0.39, 0.29) is 23.6 Å². The summed E-state index contributed by atoms with van der Waals surface area (Å²) in [5, 5.41) is 18.1. The summed E-state index contributed by atoms with van der Waals surface area (Å²) in [4.78, 5) is 12.3. The molecule has 1 atom stereocenters. The zero-order chi connectivity index (χ0) is 17.2. The quantitative estimate of drug-likeness (QED) is 0.431. The number of ether oxygens (including phenoxy) is 1. The van der Waals surface area contributed by atoms with Crippen LogP contribution in [-0.4, -0.2) is 50.0 Å². The molecule has 0 aliphatic rings. The van der Waals surface area contributed by atoms with E-state index in [0.717, 1.165) is 0 Å². The van der Waals surface area contributed by atoms with Crippen LogP contribution in [0.5, 0.6) is 0 Å². The van der Waals surface area contributed by atoms with E-state index >= 15 is 0 Å². The molecule has 9 heteroatoms. The van der Waals surface area contributed by atoms with Gasteiger partial charge in [-0.1, -0.05) is 6.92 Å². The van der Waals surface area contributed by atoms with Gasteiger partial charge in [-0.2, -0.15) is 0 Å². The largest absolute Gasteiger partial charge is 0.487 e. The summed E-state index contributed by atoms with van der Waals surface area (Å²) in [6.07, 6.45) is 0.443. The van der Waals surface area contributed by atoms with Crippen molar-refractivity contribution in [2.24, 2.45) is 5.73 Å². The molecule has 0 rings (SSSR count). The highest BCUT2D eigenvalue weighted by Gasteiger charge is 2.22. The lowest BCUT2D eigenvalue weighted by Crippen LogP contribution is -2.43. The summed E-state index contributed by atoms with van der Waals surface area (Å²) in [6, 6.07) is -0.245. The van der Waals surface area contributed by atoms with Crippen LogP contribution in [0.15, 0.2) is 0 Å². The predicted molar refractivity (Wildman–Crippen MR) is 91.1 cm³/mol. The number of nitrogens with zero attached hydrogens (tertiary/aromatic N) is 2. The Labute approximate surface area is 136 Å². The minimum Gasteiger partial charge on any atom is -0.487 e. The van der Waals surface area contributed by atoms with E-state index in [1.807, 2.05) is 32.6 Å². The highest BCUT2D eigenvalue weighted by atomic mass is 32.1. The van der Waals surface area contributed by atoms with Crippen molar-refractivity contribution in [2.75, 3.05) is 6.61 Å². The fourth-order valence-electron chi connectivity index (χ4n) is 1.59. The second kappa shape index (κ2) is 11.4. The Kier molecular flexibility index (Phi) is 12.0. The maximum atomic E-state index is 10.6. The van der Waals surface area contributed by atoms with Crippen molar-refractivity contribution in [3.63, 3.8) is 0 Å². The van der Waals surface area contributed by atoms with Crippen molar-refractivity contribution in [1.29, 1.82) is 0 Å². The predicted octanol–water partition coefficient (Wildman–Crippen LogP) is 2.25. The van der Waals surface area contributed by atoms with Gasteiger partial charge in [-0.25, -0.2) is 0 Å². The molecule has 1 unspecified atom stereocenters. The number of aliphatic hydroxyl groups excluding tert-OH is 1. The van der Waals surface area contributed by atoms with Gasteiger partial charge in [0.25, 0.3) is 10.3 Å². The Morgan fingerprint density at radius 1 is 1.33 bits per heavy atom. The van der Waals surface area contributed by atoms with Crippen LogP contribution in [0.2, 0.25) is 0 Å². The minimum atomic E-state index is -0.686. The molecule has 0 saturated heterocycles. The standard InChI is InChI=1S/C11H22N2O3S.CH3NOS/c1-6-10(13(14)15)7-16-11(17)12(8(2)3)9(4)5;2-1(3)4/h8-10H,6-7H2,1-5H3;(H3,2,3,4). The molecule has 124 valence electrons. The Morgan fingerprint density at radius 3 is 1.95 bits per heavy atom. The first kappa shape index (κ1) is 22.1. The first-order valence-corrected chi connectivity index (χ1v) is 7.43.